The zero-order chi connectivity index (χ0) is 19.8. The molecular weight excluding hydrogens is 484 g/mol. The normalized spacial score (nSPS) is 20.7. The molecule has 0 amide bonds. The van der Waals surface area contributed by atoms with Crippen LogP contribution in [0, 0.1) is 11.7 Å². The third-order valence-corrected chi connectivity index (χ3v) is 5.82. The Hall–Kier alpha value is -0.970. The Morgan fingerprint density at radius 3 is 2.41 bits per heavy atom. The number of likely N-dealkylation sites (tertiary alicyclic amines) is 1. The predicted octanol–water partition coefficient (Wildman–Crippen LogP) is 2.32. The lowest BCUT2D eigenvalue weighted by Gasteiger charge is -2.35. The zero-order valence-electron chi connectivity index (χ0n) is 17.6. The van der Waals surface area contributed by atoms with Crippen molar-refractivity contribution in [3.63, 3.8) is 0 Å². The topological polar surface area (TPSA) is 52.1 Å². The van der Waals surface area contributed by atoms with Gasteiger partial charge < -0.3 is 20.3 Å². The van der Waals surface area contributed by atoms with Crippen molar-refractivity contribution in [1.82, 2.24) is 20.4 Å². The molecule has 1 aromatic rings. The largest absolute Gasteiger partial charge is 0.379 e. The molecular formula is C21H35FIN5O. The van der Waals surface area contributed by atoms with Crippen LogP contribution in [0.1, 0.15) is 24.4 Å². The molecule has 1 atom stereocenters. The minimum atomic E-state index is -0.201. The summed E-state index contributed by atoms with van der Waals surface area (Å²) in [4.78, 5) is 9.18. The maximum atomic E-state index is 13.4. The summed E-state index contributed by atoms with van der Waals surface area (Å²) in [6.07, 6.45) is 2.46. The van der Waals surface area contributed by atoms with Gasteiger partial charge in [-0.15, -0.1) is 24.0 Å². The fourth-order valence-electron chi connectivity index (χ4n) is 3.95. The summed E-state index contributed by atoms with van der Waals surface area (Å²) in [6, 6.07) is 7.00. The molecule has 164 valence electrons. The molecule has 2 aliphatic heterocycles. The lowest BCUT2D eigenvalue weighted by Crippen LogP contribution is -2.47. The molecule has 0 spiro atoms. The van der Waals surface area contributed by atoms with Gasteiger partial charge >= 0.3 is 0 Å². The average Bonchev–Trinajstić information content (AvgIpc) is 2.73. The Kier molecular flexibility index (Phi) is 10.6. The van der Waals surface area contributed by atoms with E-state index in [0.29, 0.717) is 5.92 Å². The Morgan fingerprint density at radius 1 is 1.14 bits per heavy atom. The summed E-state index contributed by atoms with van der Waals surface area (Å²) in [5.74, 6) is 1.33. The summed E-state index contributed by atoms with van der Waals surface area (Å²) in [5.41, 5.74) is 1.11. The zero-order valence-corrected chi connectivity index (χ0v) is 19.9. The van der Waals surface area contributed by atoms with E-state index in [9.17, 15) is 4.39 Å². The standard InChI is InChI=1S/C21H34FN5O.HI/c1-23-21(24-15-17-7-9-26(2)10-8-17)25-16-20(27-11-13-28-14-12-27)18-3-5-19(22)6-4-18;/h3-6,17,20H,7-16H2,1-2H3,(H2,23,24,25);1H. The SMILES string of the molecule is CN=C(NCC1CCN(C)CC1)NCC(c1ccc(F)cc1)N1CCOCC1.I. The first kappa shape index (κ1) is 24.3. The lowest BCUT2D eigenvalue weighted by atomic mass is 9.97. The van der Waals surface area contributed by atoms with Gasteiger partial charge in [-0.25, -0.2) is 4.39 Å². The van der Waals surface area contributed by atoms with Crippen LogP contribution in [0.5, 0.6) is 0 Å². The summed E-state index contributed by atoms with van der Waals surface area (Å²) >= 11 is 0. The van der Waals surface area contributed by atoms with Gasteiger partial charge in [0, 0.05) is 33.2 Å². The van der Waals surface area contributed by atoms with Crippen molar-refractivity contribution in [2.24, 2.45) is 10.9 Å². The molecule has 2 N–H and O–H groups in total. The predicted molar refractivity (Wildman–Crippen MR) is 127 cm³/mol. The number of hydrogen-bond donors (Lipinski definition) is 2. The highest BCUT2D eigenvalue weighted by atomic mass is 127. The molecule has 1 aromatic carbocycles. The number of rotatable bonds is 6. The van der Waals surface area contributed by atoms with Crippen LogP contribution in [0.2, 0.25) is 0 Å². The van der Waals surface area contributed by atoms with Crippen LogP contribution in [-0.2, 0) is 4.74 Å². The van der Waals surface area contributed by atoms with Crippen molar-refractivity contribution in [3.8, 4) is 0 Å². The molecule has 29 heavy (non-hydrogen) atoms. The summed E-state index contributed by atoms with van der Waals surface area (Å²) in [6.45, 7) is 7.24. The van der Waals surface area contributed by atoms with Gasteiger partial charge in [-0.2, -0.15) is 0 Å². The number of aliphatic imine (C=N–C) groups is 1. The molecule has 0 aliphatic carbocycles. The molecule has 0 aromatic heterocycles. The first-order valence-electron chi connectivity index (χ1n) is 10.4. The van der Waals surface area contributed by atoms with Crippen molar-refractivity contribution in [1.29, 1.82) is 0 Å². The first-order chi connectivity index (χ1) is 13.7. The second-order valence-corrected chi connectivity index (χ2v) is 7.80. The van der Waals surface area contributed by atoms with E-state index >= 15 is 0 Å². The molecule has 0 radical (unpaired) electrons. The quantitative estimate of drug-likeness (QED) is 0.344. The van der Waals surface area contributed by atoms with E-state index in [1.54, 1.807) is 0 Å². The molecule has 8 heteroatoms. The molecule has 2 heterocycles. The number of piperidine rings is 1. The minimum absolute atomic E-state index is 0. The summed E-state index contributed by atoms with van der Waals surface area (Å²) in [7, 11) is 4.00. The highest BCUT2D eigenvalue weighted by Crippen LogP contribution is 2.21. The Bertz CT molecular complexity index is 616. The van der Waals surface area contributed by atoms with E-state index in [1.807, 2.05) is 19.2 Å². The number of halogens is 2. The van der Waals surface area contributed by atoms with Crippen LogP contribution in [0.25, 0.3) is 0 Å². The van der Waals surface area contributed by atoms with E-state index in [2.05, 4.69) is 32.5 Å². The maximum absolute atomic E-state index is 13.4. The molecule has 1 unspecified atom stereocenters. The Labute approximate surface area is 191 Å². The third kappa shape index (κ3) is 7.66. The van der Waals surface area contributed by atoms with Crippen LogP contribution in [0.4, 0.5) is 4.39 Å². The van der Waals surface area contributed by atoms with Crippen molar-refractivity contribution in [3.05, 3.63) is 35.6 Å². The van der Waals surface area contributed by atoms with Gasteiger partial charge in [0.05, 0.1) is 19.3 Å². The van der Waals surface area contributed by atoms with Gasteiger partial charge in [0.25, 0.3) is 0 Å². The van der Waals surface area contributed by atoms with Gasteiger partial charge in [0.2, 0.25) is 0 Å². The van der Waals surface area contributed by atoms with Crippen LogP contribution >= 0.6 is 24.0 Å². The second-order valence-electron chi connectivity index (χ2n) is 7.80. The van der Waals surface area contributed by atoms with E-state index in [-0.39, 0.29) is 35.8 Å². The molecule has 2 aliphatic rings. The lowest BCUT2D eigenvalue weighted by molar-refractivity contribution is 0.0170. The fourth-order valence-corrected chi connectivity index (χ4v) is 3.95. The highest BCUT2D eigenvalue weighted by Gasteiger charge is 2.23. The monoisotopic (exact) mass is 519 g/mol. The summed E-state index contributed by atoms with van der Waals surface area (Å²) in [5, 5.41) is 6.97. The number of hydrogen-bond acceptors (Lipinski definition) is 4. The van der Waals surface area contributed by atoms with E-state index in [1.165, 1.54) is 38.1 Å². The molecule has 0 saturated carbocycles. The molecule has 6 nitrogen and oxygen atoms in total. The fraction of sp³-hybridized carbons (Fsp3) is 0.667. The van der Waals surface area contributed by atoms with E-state index < -0.39 is 0 Å². The van der Waals surface area contributed by atoms with E-state index in [0.717, 1.165) is 50.9 Å². The van der Waals surface area contributed by atoms with Crippen molar-refractivity contribution >= 4 is 29.9 Å². The van der Waals surface area contributed by atoms with Gasteiger partial charge in [-0.1, -0.05) is 12.1 Å². The van der Waals surface area contributed by atoms with E-state index in [4.69, 9.17) is 4.74 Å². The van der Waals surface area contributed by atoms with Crippen LogP contribution in [0.15, 0.2) is 29.3 Å². The molecule has 2 fully saturated rings. The van der Waals surface area contributed by atoms with Crippen LogP contribution < -0.4 is 10.6 Å². The van der Waals surface area contributed by atoms with Crippen molar-refractivity contribution in [2.75, 3.05) is 66.6 Å². The second kappa shape index (κ2) is 12.7. The van der Waals surface area contributed by atoms with Crippen molar-refractivity contribution < 1.29 is 9.13 Å². The minimum Gasteiger partial charge on any atom is -0.379 e. The highest BCUT2D eigenvalue weighted by molar-refractivity contribution is 14.0. The molecule has 0 bridgehead atoms. The van der Waals surface area contributed by atoms with Gasteiger partial charge in [-0.3, -0.25) is 9.89 Å². The van der Waals surface area contributed by atoms with Gasteiger partial charge in [-0.05, 0) is 56.6 Å². The number of nitrogens with zero attached hydrogens (tertiary/aromatic N) is 3. The van der Waals surface area contributed by atoms with Gasteiger partial charge in [0.1, 0.15) is 5.82 Å². The van der Waals surface area contributed by atoms with Crippen LogP contribution in [-0.4, -0.2) is 82.3 Å². The Morgan fingerprint density at radius 2 is 1.79 bits per heavy atom. The molecule has 3 rings (SSSR count). The summed E-state index contributed by atoms with van der Waals surface area (Å²) < 4.78 is 18.9. The number of nitrogens with one attached hydrogen (secondary N) is 2. The first-order valence-corrected chi connectivity index (χ1v) is 10.4. The average molecular weight is 519 g/mol. The smallest absolute Gasteiger partial charge is 0.191 e. The van der Waals surface area contributed by atoms with Gasteiger partial charge in [0.15, 0.2) is 5.96 Å². The van der Waals surface area contributed by atoms with Crippen molar-refractivity contribution in [2.45, 2.75) is 18.9 Å². The number of guanidine groups is 1. The number of morpholine rings is 1. The third-order valence-electron chi connectivity index (χ3n) is 5.82. The maximum Gasteiger partial charge on any atom is 0.191 e. The van der Waals surface area contributed by atoms with Crippen LogP contribution in [0.3, 0.4) is 0 Å². The number of ether oxygens (including phenoxy) is 1. The Balaban J connectivity index is 0.00000300. The molecule has 2 saturated heterocycles. The number of benzene rings is 1.